The summed E-state index contributed by atoms with van der Waals surface area (Å²) >= 11 is 2.42. The van der Waals surface area contributed by atoms with E-state index < -0.39 is 5.92 Å². The summed E-state index contributed by atoms with van der Waals surface area (Å²) in [4.78, 5) is 32.4. The largest absolute Gasteiger partial charge is 0.493 e. The summed E-state index contributed by atoms with van der Waals surface area (Å²) in [6.07, 6.45) is 4.19. The molecule has 0 saturated carbocycles. The number of nitrogens with one attached hydrogen (secondary N) is 1. The number of methoxy groups -OCH3 is 3. The number of hydrogen-bond acceptors (Lipinski definition) is 13. The molecule has 228 valence electrons. The zero-order valence-corrected chi connectivity index (χ0v) is 26.5. The van der Waals surface area contributed by atoms with Crippen LogP contribution < -0.4 is 30.2 Å². The summed E-state index contributed by atoms with van der Waals surface area (Å²) < 4.78 is 16.6. The van der Waals surface area contributed by atoms with Gasteiger partial charge in [-0.15, -0.1) is 10.2 Å². The number of thioether (sulfide) groups is 1. The van der Waals surface area contributed by atoms with Crippen LogP contribution in [-0.4, -0.2) is 54.0 Å². The summed E-state index contributed by atoms with van der Waals surface area (Å²) in [7, 11) is 4.50. The maximum Gasteiger partial charge on any atom is 0.234 e. The normalized spacial score (nSPS) is 17.6. The second-order valence-electron chi connectivity index (χ2n) is 10.9. The van der Waals surface area contributed by atoms with Gasteiger partial charge in [0.1, 0.15) is 5.82 Å². The molecule has 0 fully saturated rings. The van der Waals surface area contributed by atoms with Crippen molar-refractivity contribution in [2.24, 2.45) is 11.1 Å². The number of aromatic nitrogens is 3. The number of hydrogen-bond donors (Lipinski definition) is 2. The summed E-state index contributed by atoms with van der Waals surface area (Å²) in [5.74, 6) is 0.535. The van der Waals surface area contributed by atoms with E-state index in [0.717, 1.165) is 5.56 Å². The first-order valence-corrected chi connectivity index (χ1v) is 15.3. The maximum atomic E-state index is 13.6. The Kier molecular flexibility index (Phi) is 8.80. The number of ether oxygens (including phenoxy) is 3. The van der Waals surface area contributed by atoms with Gasteiger partial charge in [0.25, 0.3) is 0 Å². The van der Waals surface area contributed by atoms with E-state index in [2.05, 4.69) is 26.6 Å². The van der Waals surface area contributed by atoms with Gasteiger partial charge in [0.05, 0.1) is 44.6 Å². The number of pyridine rings is 1. The highest BCUT2D eigenvalue weighted by Crippen LogP contribution is 2.50. The van der Waals surface area contributed by atoms with E-state index in [1.54, 1.807) is 35.5 Å². The Morgan fingerprint density at radius 2 is 1.93 bits per heavy atom. The molecule has 1 atom stereocenters. The van der Waals surface area contributed by atoms with Gasteiger partial charge < -0.3 is 25.3 Å². The lowest BCUT2D eigenvalue weighted by molar-refractivity contribution is -0.118. The third-order valence-electron chi connectivity index (χ3n) is 7.26. The van der Waals surface area contributed by atoms with Gasteiger partial charge in [0.2, 0.25) is 16.8 Å². The molecular weight excluding hydrogens is 603 g/mol. The topological polar surface area (TPSA) is 166 Å². The summed E-state index contributed by atoms with van der Waals surface area (Å²) in [6, 6.07) is 9.14. The second kappa shape index (κ2) is 12.6. The summed E-state index contributed by atoms with van der Waals surface area (Å²) in [6.45, 7) is 4.05. The van der Waals surface area contributed by atoms with E-state index in [4.69, 9.17) is 19.9 Å². The minimum Gasteiger partial charge on any atom is -0.493 e. The Bertz CT molecular complexity index is 1690. The molecule has 0 spiro atoms. The number of benzene rings is 1. The van der Waals surface area contributed by atoms with Crippen LogP contribution in [0, 0.1) is 16.7 Å². The molecule has 3 N–H and O–H groups in total. The molecule has 14 heteroatoms. The monoisotopic (exact) mass is 633 g/mol. The molecule has 2 aromatic heterocycles. The predicted octanol–water partition coefficient (Wildman–Crippen LogP) is 4.63. The van der Waals surface area contributed by atoms with Crippen molar-refractivity contribution in [2.75, 3.05) is 37.3 Å². The number of ketones is 1. The molecule has 1 aliphatic heterocycles. The van der Waals surface area contributed by atoms with Crippen LogP contribution in [0.15, 0.2) is 63.7 Å². The van der Waals surface area contributed by atoms with Gasteiger partial charge in [-0.2, -0.15) is 5.26 Å². The number of amides is 1. The van der Waals surface area contributed by atoms with Crippen molar-refractivity contribution >= 4 is 45.6 Å². The van der Waals surface area contributed by atoms with Crippen LogP contribution in [0.4, 0.5) is 10.8 Å². The van der Waals surface area contributed by atoms with Gasteiger partial charge in [-0.05, 0) is 23.5 Å². The number of Topliss-reactive ketones (excluding diaryl/α,β-unsaturated/α-hetero) is 1. The number of nitriles is 1. The van der Waals surface area contributed by atoms with Crippen molar-refractivity contribution in [3.63, 3.8) is 0 Å². The lowest BCUT2D eigenvalue weighted by atomic mass is 9.69. The molecule has 3 heterocycles. The Labute approximate surface area is 262 Å². The van der Waals surface area contributed by atoms with E-state index >= 15 is 0 Å². The van der Waals surface area contributed by atoms with Crippen LogP contribution in [0.1, 0.15) is 38.2 Å². The van der Waals surface area contributed by atoms with Gasteiger partial charge in [-0.3, -0.25) is 19.5 Å². The zero-order chi connectivity index (χ0) is 31.6. The van der Waals surface area contributed by atoms with Gasteiger partial charge in [-0.25, -0.2) is 0 Å². The standard InChI is InChI=1S/C30H31N7O5S2/c1-30(2)11-19-25(20(38)12-30)24(16-7-6-8-33-14-16)18(13-31)27(32)37(19)28-35-36-29(44-28)43-15-23(39)34-17-9-21(40-3)26(42-5)22(10-17)41-4/h6-10,14,24H,11-12,15,32H2,1-5H3,(H,34,39). The third-order valence-corrected chi connectivity index (χ3v) is 9.30. The molecule has 1 aliphatic carbocycles. The van der Waals surface area contributed by atoms with E-state index in [-0.39, 0.29) is 34.3 Å². The molecular formula is C30H31N7O5S2. The molecule has 0 saturated heterocycles. The minimum absolute atomic E-state index is 0.0436. The minimum atomic E-state index is -0.621. The van der Waals surface area contributed by atoms with Crippen molar-refractivity contribution < 1.29 is 23.8 Å². The van der Waals surface area contributed by atoms with Crippen LogP contribution in [0.5, 0.6) is 17.2 Å². The van der Waals surface area contributed by atoms with E-state index in [0.29, 0.717) is 56.5 Å². The zero-order valence-electron chi connectivity index (χ0n) is 24.8. The number of anilines is 2. The maximum absolute atomic E-state index is 13.6. The lowest BCUT2D eigenvalue weighted by Crippen LogP contribution is -2.42. The molecule has 12 nitrogen and oxygen atoms in total. The highest BCUT2D eigenvalue weighted by Gasteiger charge is 2.45. The first kappa shape index (κ1) is 30.8. The van der Waals surface area contributed by atoms with Crippen LogP contribution in [0.3, 0.4) is 0 Å². The highest BCUT2D eigenvalue weighted by molar-refractivity contribution is 8.01. The Morgan fingerprint density at radius 1 is 1.20 bits per heavy atom. The summed E-state index contributed by atoms with van der Waals surface area (Å²) in [5.41, 5.74) is 9.02. The number of nitrogens with zero attached hydrogens (tertiary/aromatic N) is 5. The lowest BCUT2D eigenvalue weighted by Gasteiger charge is -2.42. The van der Waals surface area contributed by atoms with Crippen molar-refractivity contribution in [3.05, 3.63) is 64.9 Å². The molecule has 3 aromatic rings. The Hall–Kier alpha value is -4.61. The Balaban J connectivity index is 1.40. The highest BCUT2D eigenvalue weighted by atomic mass is 32.2. The molecule has 44 heavy (non-hydrogen) atoms. The molecule has 0 bridgehead atoms. The van der Waals surface area contributed by atoms with E-state index in [1.807, 2.05) is 19.9 Å². The van der Waals surface area contributed by atoms with Gasteiger partial charge in [0, 0.05) is 47.9 Å². The molecule has 1 aromatic carbocycles. The van der Waals surface area contributed by atoms with Crippen molar-refractivity contribution in [1.29, 1.82) is 5.26 Å². The first-order chi connectivity index (χ1) is 21.1. The van der Waals surface area contributed by atoms with Gasteiger partial charge in [0.15, 0.2) is 21.6 Å². The summed E-state index contributed by atoms with van der Waals surface area (Å²) in [5, 5.41) is 22.1. The smallest absolute Gasteiger partial charge is 0.234 e. The molecule has 1 amide bonds. The van der Waals surface area contributed by atoms with Gasteiger partial charge in [-0.1, -0.05) is 43.0 Å². The number of nitrogens with two attached hydrogens (primary N) is 1. The van der Waals surface area contributed by atoms with Crippen LogP contribution in [0.2, 0.25) is 0 Å². The van der Waals surface area contributed by atoms with E-state index in [1.165, 1.54) is 44.4 Å². The Morgan fingerprint density at radius 3 is 2.55 bits per heavy atom. The third kappa shape index (κ3) is 5.93. The molecule has 2 aliphatic rings. The second-order valence-corrected chi connectivity index (χ2v) is 13.0. The fraction of sp³-hybridized carbons (Fsp3) is 0.333. The van der Waals surface area contributed by atoms with Crippen molar-refractivity contribution in [3.8, 4) is 23.3 Å². The van der Waals surface area contributed by atoms with Gasteiger partial charge >= 0.3 is 0 Å². The average molecular weight is 634 g/mol. The molecule has 1 unspecified atom stereocenters. The average Bonchev–Trinajstić information content (AvgIpc) is 3.47. The number of allylic oxidation sites excluding steroid dienone is 3. The number of carbonyl (C=O) groups excluding carboxylic acids is 2. The molecule has 0 radical (unpaired) electrons. The van der Waals surface area contributed by atoms with Crippen molar-refractivity contribution in [1.82, 2.24) is 15.2 Å². The van der Waals surface area contributed by atoms with Crippen LogP contribution >= 0.6 is 23.1 Å². The first-order valence-electron chi connectivity index (χ1n) is 13.5. The fourth-order valence-electron chi connectivity index (χ4n) is 5.44. The van der Waals surface area contributed by atoms with Crippen LogP contribution in [-0.2, 0) is 9.59 Å². The SMILES string of the molecule is COc1cc(NC(=O)CSc2nnc(N3C(N)=C(C#N)C(c4cccnc4)C4=C3CC(C)(C)CC4=O)s2)cc(OC)c1OC. The quantitative estimate of drug-likeness (QED) is 0.314. The molecule has 5 rings (SSSR count). The van der Waals surface area contributed by atoms with Crippen LogP contribution in [0.25, 0.3) is 0 Å². The fourth-order valence-corrected chi connectivity index (χ4v) is 7.12. The van der Waals surface area contributed by atoms with Crippen molar-refractivity contribution in [2.45, 2.75) is 36.9 Å². The number of carbonyl (C=O) groups is 2. The predicted molar refractivity (Wildman–Crippen MR) is 167 cm³/mol. The number of rotatable bonds is 9. The van der Waals surface area contributed by atoms with E-state index in [9.17, 15) is 14.9 Å².